The fourth-order valence-corrected chi connectivity index (χ4v) is 12.6. The van der Waals surface area contributed by atoms with Crippen molar-refractivity contribution in [3.8, 4) is 45.2 Å². The van der Waals surface area contributed by atoms with Crippen LogP contribution in [0.5, 0.6) is 11.6 Å². The molecule has 1 unspecified atom stereocenters. The molecule has 4 aromatic heterocycles. The van der Waals surface area contributed by atoms with Crippen LogP contribution in [0.2, 0.25) is 0 Å². The zero-order valence-electron chi connectivity index (χ0n) is 44.0. The first-order valence-electron chi connectivity index (χ1n) is 27.0. The smallest absolute Gasteiger partial charge is 0.243 e. The van der Waals surface area contributed by atoms with Crippen molar-refractivity contribution in [1.82, 2.24) is 40.4 Å². The van der Waals surface area contributed by atoms with Crippen molar-refractivity contribution in [2.45, 2.75) is 127 Å². The molecule has 77 heavy (non-hydrogen) atoms. The Morgan fingerprint density at radius 2 is 1.68 bits per heavy atom. The number of piperazine rings is 1. The number of aryl methyl sites for hydroxylation is 1. The Bertz CT molecular complexity index is 3110. The molecule has 2 aromatic carbocycles. The summed E-state index contributed by atoms with van der Waals surface area (Å²) in [5, 5.41) is 37.0. The number of phenols is 1. The average Bonchev–Trinajstić information content (AvgIpc) is 4.22. The minimum Gasteiger partial charge on any atom is -0.507 e. The van der Waals surface area contributed by atoms with Crippen LogP contribution in [0.15, 0.2) is 89.0 Å². The van der Waals surface area contributed by atoms with Crippen LogP contribution in [-0.2, 0) is 14.3 Å². The number of hydrogen-bond acceptors (Lipinski definition) is 17. The van der Waals surface area contributed by atoms with E-state index in [1.165, 1.54) is 4.90 Å². The number of aliphatic hydroxyl groups is 1. The number of nitrogen functional groups attached to an aromatic ring is 1. The number of nitrogens with two attached hydrogens (primary N) is 1. The zero-order chi connectivity index (χ0) is 53.3. The average molecular weight is 1060 g/mol. The second-order valence-corrected chi connectivity index (χ2v) is 22.5. The van der Waals surface area contributed by atoms with Gasteiger partial charge in [0.05, 0.1) is 58.4 Å². The molecule has 6 aromatic rings. The molecule has 402 valence electrons. The van der Waals surface area contributed by atoms with E-state index in [-0.39, 0.29) is 72.9 Å². The number of carbonyl (C=O) groups excluding carboxylic acids is 2. The molecule has 6 atom stereocenters. The summed E-state index contributed by atoms with van der Waals surface area (Å²) in [5.41, 5.74) is 14.8. The predicted octanol–water partition coefficient (Wildman–Crippen LogP) is 7.13. The Kier molecular flexibility index (Phi) is 15.2. The van der Waals surface area contributed by atoms with Crippen LogP contribution in [0.1, 0.15) is 100 Å². The molecule has 5 aliphatic rings. The minimum absolute atomic E-state index is 0.0541. The Morgan fingerprint density at radius 1 is 0.909 bits per heavy atom. The maximum atomic E-state index is 14.3. The Hall–Kier alpha value is -7.11. The fraction of sp³-hybridized carbons (Fsp3) is 0.466. The first kappa shape index (κ1) is 52.0. The number of phenolic OH excluding ortho intramolecular Hbond substituents is 1. The lowest BCUT2D eigenvalue weighted by Crippen LogP contribution is -2.54. The molecule has 8 heterocycles. The van der Waals surface area contributed by atoms with E-state index in [0.29, 0.717) is 41.0 Å². The number of aromatic nitrogens is 5. The molecule has 1 saturated carbocycles. The van der Waals surface area contributed by atoms with E-state index in [9.17, 15) is 19.8 Å². The number of nitrogens with zero attached hydrogens (tertiary/aromatic N) is 9. The van der Waals surface area contributed by atoms with Crippen molar-refractivity contribution in [2.24, 2.45) is 5.92 Å². The number of carbonyl (C=O) groups is 2. The van der Waals surface area contributed by atoms with Crippen molar-refractivity contribution in [2.75, 3.05) is 54.8 Å². The molecule has 11 rings (SSSR count). The quantitative estimate of drug-likeness (QED) is 0.0752. The van der Waals surface area contributed by atoms with Crippen LogP contribution >= 0.6 is 11.3 Å². The third-order valence-corrected chi connectivity index (χ3v) is 17.0. The van der Waals surface area contributed by atoms with Gasteiger partial charge in [-0.1, -0.05) is 61.3 Å². The molecule has 2 amide bonds. The monoisotopic (exact) mass is 1060 g/mol. The summed E-state index contributed by atoms with van der Waals surface area (Å²) in [7, 11) is 0. The molecule has 4 aliphatic heterocycles. The molecule has 18 nitrogen and oxygen atoms in total. The molecule has 5 N–H and O–H groups in total. The van der Waals surface area contributed by atoms with Crippen molar-refractivity contribution >= 4 is 40.3 Å². The van der Waals surface area contributed by atoms with Crippen molar-refractivity contribution < 1.29 is 33.8 Å². The molecule has 2 bridgehead atoms. The number of hydrogen-bond donors (Lipinski definition) is 4. The third kappa shape index (κ3) is 11.3. The lowest BCUT2D eigenvalue weighted by Gasteiger charge is -2.43. The van der Waals surface area contributed by atoms with E-state index < -0.39 is 18.1 Å². The number of amides is 2. The van der Waals surface area contributed by atoms with Crippen LogP contribution in [-0.4, -0.2) is 139 Å². The molecule has 1 aliphatic carbocycles. The van der Waals surface area contributed by atoms with E-state index in [1.54, 1.807) is 29.5 Å². The Morgan fingerprint density at radius 3 is 2.40 bits per heavy atom. The van der Waals surface area contributed by atoms with Gasteiger partial charge in [-0.15, -0.1) is 21.5 Å². The number of ether oxygens (including phenoxy) is 2. The summed E-state index contributed by atoms with van der Waals surface area (Å²) in [6, 6.07) is 22.4. The number of piperidine rings is 1. The second-order valence-electron chi connectivity index (χ2n) is 21.7. The number of rotatable bonds is 15. The standard InChI is InChI=1S/C58H67N11O7S/c1-34(2)54(58(73)68-32-43(70)26-50(68)57(72)62-35(3)37-11-13-38(14-12-37)55-36(4)61-33-77-55)52-24-39(65-76-52)8-7-21-66-22-18-44(19-23-66)74-45-27-46(28-45)75-53-25-40(17-20-60-53)69-41-15-16-42(69)31-67(30-41)49-29-48(63-64-56(49)59)47-9-5-6-10-51(47)71/h5-6,9-14,17,20,24-25,29,33-35,41-46,50,54,70-71H,15-16,18-19,21-23,26-28,30-32H2,1-4H3,(H2,59,64)(H,62,72)/t35-,41+,42?,43+,45?,46?,50-,54+/m0/s1. The van der Waals surface area contributed by atoms with Crippen LogP contribution in [0, 0.1) is 24.7 Å². The highest BCUT2D eigenvalue weighted by Gasteiger charge is 2.44. The number of β-amino-alcohol motifs (C(OH)–C–C–N with tert-alkyl or cyclic N) is 1. The first-order valence-corrected chi connectivity index (χ1v) is 27.9. The van der Waals surface area contributed by atoms with Gasteiger partial charge in [-0.25, -0.2) is 9.97 Å². The van der Waals surface area contributed by atoms with Gasteiger partial charge in [0.1, 0.15) is 23.8 Å². The number of para-hydroxylation sites is 1. The maximum Gasteiger partial charge on any atom is 0.243 e. The van der Waals surface area contributed by atoms with Gasteiger partial charge < -0.3 is 50.0 Å². The number of anilines is 3. The van der Waals surface area contributed by atoms with E-state index in [0.717, 1.165) is 97.8 Å². The van der Waals surface area contributed by atoms with Crippen LogP contribution < -0.4 is 25.6 Å². The number of pyridine rings is 1. The predicted molar refractivity (Wildman–Crippen MR) is 293 cm³/mol. The van der Waals surface area contributed by atoms with Gasteiger partial charge >= 0.3 is 0 Å². The number of fused-ring (bicyclic) bond motifs is 2. The van der Waals surface area contributed by atoms with Gasteiger partial charge in [0.25, 0.3) is 0 Å². The summed E-state index contributed by atoms with van der Waals surface area (Å²) in [4.78, 5) is 46.7. The Balaban J connectivity index is 0.616. The molecule has 19 heteroatoms. The zero-order valence-corrected chi connectivity index (χ0v) is 44.8. The summed E-state index contributed by atoms with van der Waals surface area (Å²) < 4.78 is 18.7. The normalized spacial score (nSPS) is 23.3. The summed E-state index contributed by atoms with van der Waals surface area (Å²) >= 11 is 1.59. The van der Waals surface area contributed by atoms with Crippen molar-refractivity contribution in [1.29, 1.82) is 0 Å². The third-order valence-electron chi connectivity index (χ3n) is 16.0. The van der Waals surface area contributed by atoms with Crippen LogP contribution in [0.25, 0.3) is 21.7 Å². The van der Waals surface area contributed by atoms with Gasteiger partial charge in [-0.3, -0.25) is 14.5 Å². The summed E-state index contributed by atoms with van der Waals surface area (Å²) in [6.45, 7) is 11.7. The highest BCUT2D eigenvalue weighted by molar-refractivity contribution is 7.13. The second kappa shape index (κ2) is 22.5. The highest BCUT2D eigenvalue weighted by Crippen LogP contribution is 2.41. The number of thiazole rings is 1. The summed E-state index contributed by atoms with van der Waals surface area (Å²) in [5.74, 6) is 6.47. The maximum absolute atomic E-state index is 14.3. The molecular weight excluding hydrogens is 995 g/mol. The van der Waals surface area contributed by atoms with E-state index in [4.69, 9.17) is 19.7 Å². The van der Waals surface area contributed by atoms with Crippen molar-refractivity contribution in [3.63, 3.8) is 0 Å². The largest absolute Gasteiger partial charge is 0.507 e. The minimum atomic E-state index is -0.826. The van der Waals surface area contributed by atoms with Crippen molar-refractivity contribution in [3.05, 3.63) is 107 Å². The van der Waals surface area contributed by atoms with E-state index in [2.05, 4.69) is 69.3 Å². The Labute approximate surface area is 453 Å². The topological polar surface area (TPSA) is 222 Å². The molecular formula is C58H67N11O7S. The van der Waals surface area contributed by atoms with Gasteiger partial charge in [0, 0.05) is 93.7 Å². The number of aliphatic hydroxyl groups excluding tert-OH is 1. The number of likely N-dealkylation sites (tertiary alicyclic amines) is 2. The van der Waals surface area contributed by atoms with Gasteiger partial charge in [0.2, 0.25) is 17.7 Å². The molecule has 0 spiro atoms. The van der Waals surface area contributed by atoms with Crippen LogP contribution in [0.3, 0.4) is 0 Å². The number of benzene rings is 2. The van der Waals surface area contributed by atoms with Gasteiger partial charge in [-0.05, 0) is 86.8 Å². The lowest BCUT2D eigenvalue weighted by atomic mass is 9.91. The SMILES string of the molecule is Cc1ncsc1-c1ccc([C@H](C)NC(=O)[C@@H]2C[C@@H](O)CN2C(=O)[C@@H](c2cc(C#CCN3CCC(OC4CC(Oc5cc(N6C7CC[C@@H]6CN(c6cc(-c8ccccc8O)nnc6N)C7)ccn5)C4)CC3)no2)C(C)C)cc1. The molecule has 5 fully saturated rings. The van der Waals surface area contributed by atoms with E-state index >= 15 is 0 Å². The van der Waals surface area contributed by atoms with E-state index in [1.807, 2.05) is 81.9 Å². The first-order chi connectivity index (χ1) is 37.3. The number of aromatic hydroxyl groups is 1. The fourth-order valence-electron chi connectivity index (χ4n) is 11.8. The van der Waals surface area contributed by atoms with Gasteiger partial charge in [-0.2, -0.15) is 0 Å². The molecule has 4 saturated heterocycles. The highest BCUT2D eigenvalue weighted by atomic mass is 32.1. The molecule has 0 radical (unpaired) electrons. The summed E-state index contributed by atoms with van der Waals surface area (Å²) in [6.07, 6.45) is 7.19. The van der Waals surface area contributed by atoms with Gasteiger partial charge in [0.15, 0.2) is 17.3 Å². The number of nitrogens with one attached hydrogen (secondary N) is 1. The lowest BCUT2D eigenvalue weighted by molar-refractivity contribution is -0.141. The van der Waals surface area contributed by atoms with Crippen LogP contribution in [0.4, 0.5) is 17.2 Å².